The minimum atomic E-state index is 0. The quantitative estimate of drug-likeness (QED) is 0.569. The Balaban J connectivity index is -0.000000125. The van der Waals surface area contributed by atoms with Crippen molar-refractivity contribution in [2.75, 3.05) is 13.1 Å². The second-order valence-corrected chi connectivity index (χ2v) is 0.943. The molecule has 0 saturated heterocycles. The molecule has 0 bridgehead atoms. The predicted octanol–water partition coefficient (Wildman–Crippen LogP) is 0.304. The van der Waals surface area contributed by atoms with Crippen molar-refractivity contribution < 1.29 is 0 Å². The van der Waals surface area contributed by atoms with Gasteiger partial charge in [0.05, 0.1) is 0 Å². The summed E-state index contributed by atoms with van der Waals surface area (Å²) in [5, 5.41) is 0. The van der Waals surface area contributed by atoms with Crippen LogP contribution in [0.1, 0.15) is 0 Å². The highest BCUT2D eigenvalue weighted by Crippen LogP contribution is 1.58. The zero-order valence-corrected chi connectivity index (χ0v) is 6.17. The number of rotatable bonds is 2. The maximum atomic E-state index is 5.07. The molecule has 4 heteroatoms. The number of halogens is 2. The lowest BCUT2D eigenvalue weighted by atomic mass is 10.5. The smallest absolute Gasteiger partial charge is 0.0107 e. The summed E-state index contributed by atoms with van der Waals surface area (Å²) in [6, 6.07) is 0. The minimum absolute atomic E-state index is 0. The second kappa shape index (κ2) is 15.7. The fourth-order valence-corrected chi connectivity index (χ4v) is 0.192. The van der Waals surface area contributed by atoms with Crippen molar-refractivity contribution in [2.45, 2.75) is 0 Å². The molecule has 0 spiro atoms. The van der Waals surface area contributed by atoms with E-state index in [0.717, 1.165) is 0 Å². The van der Waals surface area contributed by atoms with Crippen LogP contribution in [-0.2, 0) is 0 Å². The maximum absolute atomic E-state index is 5.07. The summed E-state index contributed by atoms with van der Waals surface area (Å²) in [7, 11) is 0. The molecule has 2 nitrogen and oxygen atoms in total. The van der Waals surface area contributed by atoms with Crippen LogP contribution in [0.4, 0.5) is 0 Å². The average Bonchev–Trinajstić information content (AvgIpc) is 1.61. The molecular formula is C4H12Cl2N2. The lowest BCUT2D eigenvalue weighted by Gasteiger charge is -1.74. The van der Waals surface area contributed by atoms with Gasteiger partial charge in [0, 0.05) is 13.1 Å². The number of nitrogens with two attached hydrogens (primary N) is 2. The van der Waals surface area contributed by atoms with Gasteiger partial charge in [-0.15, -0.1) is 24.8 Å². The van der Waals surface area contributed by atoms with E-state index in [1.165, 1.54) is 0 Å². The Morgan fingerprint density at radius 2 is 1.12 bits per heavy atom. The molecule has 0 aliphatic carbocycles. The van der Waals surface area contributed by atoms with E-state index in [1.807, 2.05) is 12.2 Å². The molecule has 0 fully saturated rings. The fraction of sp³-hybridized carbons (Fsp3) is 0.500. The van der Waals surface area contributed by atoms with E-state index < -0.39 is 0 Å². The molecule has 4 N–H and O–H groups in total. The van der Waals surface area contributed by atoms with Gasteiger partial charge in [-0.25, -0.2) is 0 Å². The van der Waals surface area contributed by atoms with Gasteiger partial charge in [-0.3, -0.25) is 0 Å². The first-order chi connectivity index (χ1) is 2.91. The molecule has 52 valence electrons. The van der Waals surface area contributed by atoms with Crippen LogP contribution < -0.4 is 11.5 Å². The summed E-state index contributed by atoms with van der Waals surface area (Å²) in [4.78, 5) is 0. The molecule has 0 heterocycles. The van der Waals surface area contributed by atoms with Crippen LogP contribution in [-0.4, -0.2) is 13.1 Å². The van der Waals surface area contributed by atoms with Crippen LogP contribution in [0.5, 0.6) is 0 Å². The van der Waals surface area contributed by atoms with Crippen molar-refractivity contribution >= 4 is 24.8 Å². The van der Waals surface area contributed by atoms with Gasteiger partial charge >= 0.3 is 0 Å². The van der Waals surface area contributed by atoms with E-state index in [0.29, 0.717) is 13.1 Å². The number of hydrogen-bond donors (Lipinski definition) is 2. The molecule has 0 unspecified atom stereocenters. The zero-order chi connectivity index (χ0) is 4.83. The van der Waals surface area contributed by atoms with E-state index in [2.05, 4.69) is 0 Å². The highest BCUT2D eigenvalue weighted by Gasteiger charge is 1.59. The Bertz CT molecular complexity index is 41.3. The highest BCUT2D eigenvalue weighted by atomic mass is 35.5. The topological polar surface area (TPSA) is 52.0 Å². The van der Waals surface area contributed by atoms with Crippen LogP contribution in [0.2, 0.25) is 0 Å². The van der Waals surface area contributed by atoms with Gasteiger partial charge in [-0.2, -0.15) is 0 Å². The van der Waals surface area contributed by atoms with Crippen LogP contribution >= 0.6 is 24.8 Å². The van der Waals surface area contributed by atoms with Crippen molar-refractivity contribution in [3.8, 4) is 0 Å². The Morgan fingerprint density at radius 3 is 1.25 bits per heavy atom. The van der Waals surface area contributed by atoms with Crippen LogP contribution in [0.25, 0.3) is 0 Å². The van der Waals surface area contributed by atoms with E-state index in [4.69, 9.17) is 11.5 Å². The van der Waals surface area contributed by atoms with Crippen molar-refractivity contribution in [1.82, 2.24) is 0 Å². The highest BCUT2D eigenvalue weighted by molar-refractivity contribution is 5.85. The van der Waals surface area contributed by atoms with Gasteiger partial charge < -0.3 is 11.5 Å². The second-order valence-electron chi connectivity index (χ2n) is 0.943. The minimum Gasteiger partial charge on any atom is -0.327 e. The van der Waals surface area contributed by atoms with Crippen LogP contribution in [0.15, 0.2) is 12.2 Å². The number of hydrogen-bond acceptors (Lipinski definition) is 2. The lowest BCUT2D eigenvalue weighted by molar-refractivity contribution is 1.20. The maximum Gasteiger partial charge on any atom is 0.0107 e. The van der Waals surface area contributed by atoms with E-state index in [9.17, 15) is 0 Å². The SMILES string of the molecule is Cl.Cl.NC/C=C/CN. The van der Waals surface area contributed by atoms with E-state index in [1.54, 1.807) is 0 Å². The first kappa shape index (κ1) is 15.7. The molecular weight excluding hydrogens is 147 g/mol. The first-order valence-corrected chi connectivity index (χ1v) is 1.97. The molecule has 0 saturated carbocycles. The van der Waals surface area contributed by atoms with Gasteiger partial charge in [-0.05, 0) is 0 Å². The zero-order valence-electron chi connectivity index (χ0n) is 4.54. The molecule has 8 heavy (non-hydrogen) atoms. The molecule has 0 aliphatic rings. The van der Waals surface area contributed by atoms with E-state index in [-0.39, 0.29) is 24.8 Å². The monoisotopic (exact) mass is 158 g/mol. The molecule has 0 aromatic heterocycles. The lowest BCUT2D eigenvalue weighted by Crippen LogP contribution is -1.97. The standard InChI is InChI=1S/C4H10N2.2ClH/c5-3-1-2-4-6;;/h1-2H,3-6H2;2*1H/b2-1+;;. The molecule has 0 aliphatic heterocycles. The molecule has 0 atom stereocenters. The van der Waals surface area contributed by atoms with Crippen molar-refractivity contribution in [3.63, 3.8) is 0 Å². The third-order valence-corrected chi connectivity index (χ3v) is 0.439. The van der Waals surface area contributed by atoms with Crippen molar-refractivity contribution in [1.29, 1.82) is 0 Å². The van der Waals surface area contributed by atoms with Gasteiger partial charge in [0.2, 0.25) is 0 Å². The summed E-state index contributed by atoms with van der Waals surface area (Å²) >= 11 is 0. The van der Waals surface area contributed by atoms with Crippen molar-refractivity contribution in [3.05, 3.63) is 12.2 Å². The first-order valence-electron chi connectivity index (χ1n) is 1.97. The summed E-state index contributed by atoms with van der Waals surface area (Å²) < 4.78 is 0. The van der Waals surface area contributed by atoms with Crippen LogP contribution in [0.3, 0.4) is 0 Å². The molecule has 0 aromatic carbocycles. The average molecular weight is 159 g/mol. The summed E-state index contributed by atoms with van der Waals surface area (Å²) in [6.07, 6.45) is 3.67. The summed E-state index contributed by atoms with van der Waals surface area (Å²) in [5.41, 5.74) is 10.1. The normalized spacial score (nSPS) is 7.75. The Hall–Kier alpha value is 0.240. The molecule has 0 rings (SSSR count). The Labute approximate surface area is 62.1 Å². The molecule has 0 aromatic rings. The molecule has 0 radical (unpaired) electrons. The van der Waals surface area contributed by atoms with Gasteiger partial charge in [-0.1, -0.05) is 12.2 Å². The van der Waals surface area contributed by atoms with Gasteiger partial charge in [0.15, 0.2) is 0 Å². The third-order valence-electron chi connectivity index (χ3n) is 0.439. The largest absolute Gasteiger partial charge is 0.327 e. The molecule has 0 amide bonds. The predicted molar refractivity (Wildman–Crippen MR) is 41.7 cm³/mol. The fourth-order valence-electron chi connectivity index (χ4n) is 0.192. The van der Waals surface area contributed by atoms with Gasteiger partial charge in [0.1, 0.15) is 0 Å². The van der Waals surface area contributed by atoms with E-state index >= 15 is 0 Å². The summed E-state index contributed by atoms with van der Waals surface area (Å²) in [6.45, 7) is 1.19. The summed E-state index contributed by atoms with van der Waals surface area (Å²) in [5.74, 6) is 0. The Morgan fingerprint density at radius 1 is 0.875 bits per heavy atom. The van der Waals surface area contributed by atoms with Crippen molar-refractivity contribution in [2.24, 2.45) is 11.5 Å². The Kier molecular flexibility index (Phi) is 30.8. The third kappa shape index (κ3) is 16.3. The van der Waals surface area contributed by atoms with Gasteiger partial charge in [0.25, 0.3) is 0 Å². The van der Waals surface area contributed by atoms with Crippen LogP contribution in [0, 0.1) is 0 Å².